The average molecular weight is 273 g/mol. The molecule has 0 unspecified atom stereocenters. The Morgan fingerprint density at radius 3 is 3.00 bits per heavy atom. The number of tetrazole rings is 1. The summed E-state index contributed by atoms with van der Waals surface area (Å²) in [5.74, 6) is 1.56. The zero-order chi connectivity index (χ0) is 12.9. The lowest BCUT2D eigenvalue weighted by atomic mass is 10.4. The van der Waals surface area contributed by atoms with Crippen LogP contribution in [0.25, 0.3) is 0 Å². The lowest BCUT2D eigenvalue weighted by Gasteiger charge is -2.02. The SMILES string of the molecule is c1ccc(CSc2nnnn2Cc2ccco2)nc1. The number of aromatic nitrogens is 5. The van der Waals surface area contributed by atoms with Crippen LogP contribution in [0.2, 0.25) is 0 Å². The van der Waals surface area contributed by atoms with Crippen molar-refractivity contribution in [1.29, 1.82) is 0 Å². The summed E-state index contributed by atoms with van der Waals surface area (Å²) in [7, 11) is 0. The maximum atomic E-state index is 5.29. The summed E-state index contributed by atoms with van der Waals surface area (Å²) in [5.41, 5.74) is 1.00. The van der Waals surface area contributed by atoms with Crippen molar-refractivity contribution in [1.82, 2.24) is 25.2 Å². The minimum absolute atomic E-state index is 0.532. The normalized spacial score (nSPS) is 10.7. The molecule has 3 aromatic rings. The van der Waals surface area contributed by atoms with Crippen LogP contribution in [0.5, 0.6) is 0 Å². The molecule has 0 amide bonds. The summed E-state index contributed by atoms with van der Waals surface area (Å²) in [6, 6.07) is 9.59. The van der Waals surface area contributed by atoms with Crippen molar-refractivity contribution < 1.29 is 4.42 Å². The van der Waals surface area contributed by atoms with Gasteiger partial charge in [0.05, 0.1) is 12.0 Å². The van der Waals surface area contributed by atoms with Crippen LogP contribution in [-0.2, 0) is 12.3 Å². The largest absolute Gasteiger partial charge is 0.467 e. The van der Waals surface area contributed by atoms with Crippen molar-refractivity contribution in [3.05, 3.63) is 54.2 Å². The molecule has 6 nitrogen and oxygen atoms in total. The Kier molecular flexibility index (Phi) is 3.55. The van der Waals surface area contributed by atoms with E-state index in [1.165, 1.54) is 0 Å². The quantitative estimate of drug-likeness (QED) is 0.662. The summed E-state index contributed by atoms with van der Waals surface area (Å²) >= 11 is 1.55. The molecule has 0 fully saturated rings. The fourth-order valence-corrected chi connectivity index (χ4v) is 2.36. The molecule has 0 aliphatic heterocycles. The molecule has 0 aromatic carbocycles. The smallest absolute Gasteiger partial charge is 0.210 e. The zero-order valence-corrected chi connectivity index (χ0v) is 10.8. The molecule has 0 saturated heterocycles. The van der Waals surface area contributed by atoms with Crippen LogP contribution in [0.4, 0.5) is 0 Å². The number of nitrogens with zero attached hydrogens (tertiary/aromatic N) is 5. The molecule has 96 valence electrons. The van der Waals surface area contributed by atoms with Gasteiger partial charge in [-0.05, 0) is 34.7 Å². The molecular weight excluding hydrogens is 262 g/mol. The van der Waals surface area contributed by atoms with Gasteiger partial charge in [-0.3, -0.25) is 4.98 Å². The molecule has 3 rings (SSSR count). The second kappa shape index (κ2) is 5.66. The first kappa shape index (κ1) is 11.9. The van der Waals surface area contributed by atoms with E-state index >= 15 is 0 Å². The first-order chi connectivity index (χ1) is 9.42. The van der Waals surface area contributed by atoms with Crippen LogP contribution in [-0.4, -0.2) is 25.2 Å². The average Bonchev–Trinajstić information content (AvgIpc) is 3.10. The third-order valence-electron chi connectivity index (χ3n) is 2.46. The first-order valence-electron chi connectivity index (χ1n) is 5.73. The highest BCUT2D eigenvalue weighted by molar-refractivity contribution is 7.98. The van der Waals surface area contributed by atoms with Crippen molar-refractivity contribution in [2.75, 3.05) is 0 Å². The van der Waals surface area contributed by atoms with E-state index in [1.54, 1.807) is 28.9 Å². The summed E-state index contributed by atoms with van der Waals surface area (Å²) in [4.78, 5) is 4.27. The van der Waals surface area contributed by atoms with Crippen molar-refractivity contribution in [3.8, 4) is 0 Å². The fraction of sp³-hybridized carbons (Fsp3) is 0.167. The molecule has 3 heterocycles. The van der Waals surface area contributed by atoms with E-state index in [1.807, 2.05) is 30.3 Å². The molecule has 3 aromatic heterocycles. The van der Waals surface area contributed by atoms with Crippen LogP contribution >= 0.6 is 11.8 Å². The molecule has 0 spiro atoms. The number of thioether (sulfide) groups is 1. The van der Waals surface area contributed by atoms with E-state index in [-0.39, 0.29) is 0 Å². The molecule has 0 aliphatic carbocycles. The predicted octanol–water partition coefficient (Wildman–Crippen LogP) is 2.00. The van der Waals surface area contributed by atoms with Gasteiger partial charge < -0.3 is 4.42 Å². The Balaban J connectivity index is 1.67. The van der Waals surface area contributed by atoms with Crippen LogP contribution < -0.4 is 0 Å². The Labute approximate surface area is 113 Å². The first-order valence-corrected chi connectivity index (χ1v) is 6.71. The van der Waals surface area contributed by atoms with E-state index in [4.69, 9.17) is 4.42 Å². The molecule has 0 aliphatic rings. The molecule has 0 saturated carbocycles. The monoisotopic (exact) mass is 273 g/mol. The summed E-state index contributed by atoms with van der Waals surface area (Å²) in [5, 5.41) is 12.4. The highest BCUT2D eigenvalue weighted by atomic mass is 32.2. The van der Waals surface area contributed by atoms with E-state index in [0.29, 0.717) is 6.54 Å². The third-order valence-corrected chi connectivity index (χ3v) is 3.45. The zero-order valence-electron chi connectivity index (χ0n) is 10.0. The Hall–Kier alpha value is -2.15. The minimum atomic E-state index is 0.532. The van der Waals surface area contributed by atoms with Gasteiger partial charge in [-0.2, -0.15) is 0 Å². The van der Waals surface area contributed by atoms with Crippen LogP contribution in [0.3, 0.4) is 0 Å². The summed E-state index contributed by atoms with van der Waals surface area (Å²) < 4.78 is 7.00. The Morgan fingerprint density at radius 2 is 2.21 bits per heavy atom. The lowest BCUT2D eigenvalue weighted by molar-refractivity contribution is 0.462. The van der Waals surface area contributed by atoms with Gasteiger partial charge in [0.2, 0.25) is 5.16 Å². The molecule has 7 heteroatoms. The third kappa shape index (κ3) is 3.00. The number of furan rings is 1. The van der Waals surface area contributed by atoms with Gasteiger partial charge in [0.15, 0.2) is 0 Å². The van der Waals surface area contributed by atoms with Gasteiger partial charge in [-0.25, -0.2) is 4.68 Å². The number of hydrogen-bond acceptors (Lipinski definition) is 6. The van der Waals surface area contributed by atoms with Gasteiger partial charge in [-0.1, -0.05) is 17.8 Å². The summed E-state index contributed by atoms with van der Waals surface area (Å²) in [6.07, 6.45) is 3.42. The molecule has 0 bridgehead atoms. The molecule has 0 atom stereocenters. The maximum absolute atomic E-state index is 5.29. The van der Waals surface area contributed by atoms with Gasteiger partial charge in [0.1, 0.15) is 12.3 Å². The number of rotatable bonds is 5. The van der Waals surface area contributed by atoms with Gasteiger partial charge >= 0.3 is 0 Å². The van der Waals surface area contributed by atoms with Crippen LogP contribution in [0, 0.1) is 0 Å². The van der Waals surface area contributed by atoms with Crippen molar-refractivity contribution in [2.24, 2.45) is 0 Å². The molecule has 0 radical (unpaired) electrons. The van der Waals surface area contributed by atoms with Gasteiger partial charge in [0, 0.05) is 11.9 Å². The van der Waals surface area contributed by atoms with Gasteiger partial charge in [0.25, 0.3) is 0 Å². The van der Waals surface area contributed by atoms with E-state index < -0.39 is 0 Å². The summed E-state index contributed by atoms with van der Waals surface area (Å²) in [6.45, 7) is 0.532. The van der Waals surface area contributed by atoms with Crippen LogP contribution in [0.1, 0.15) is 11.5 Å². The number of hydrogen-bond donors (Lipinski definition) is 0. The number of pyridine rings is 1. The second-order valence-electron chi connectivity index (χ2n) is 3.81. The Bertz CT molecular complexity index is 623. The topological polar surface area (TPSA) is 69.6 Å². The maximum Gasteiger partial charge on any atom is 0.210 e. The second-order valence-corrected chi connectivity index (χ2v) is 4.75. The van der Waals surface area contributed by atoms with Crippen LogP contribution in [0.15, 0.2) is 52.4 Å². The lowest BCUT2D eigenvalue weighted by Crippen LogP contribution is -2.03. The minimum Gasteiger partial charge on any atom is -0.467 e. The highest BCUT2D eigenvalue weighted by Gasteiger charge is 2.09. The van der Waals surface area contributed by atoms with E-state index in [2.05, 4.69) is 20.5 Å². The van der Waals surface area contributed by atoms with Crippen molar-refractivity contribution >= 4 is 11.8 Å². The molecule has 19 heavy (non-hydrogen) atoms. The van der Waals surface area contributed by atoms with Gasteiger partial charge in [-0.15, -0.1) is 5.10 Å². The highest BCUT2D eigenvalue weighted by Crippen LogP contribution is 2.19. The van der Waals surface area contributed by atoms with Crippen molar-refractivity contribution in [3.63, 3.8) is 0 Å². The fourth-order valence-electron chi connectivity index (χ4n) is 1.57. The van der Waals surface area contributed by atoms with E-state index in [0.717, 1.165) is 22.4 Å². The predicted molar refractivity (Wildman–Crippen MR) is 69.4 cm³/mol. The van der Waals surface area contributed by atoms with Crippen molar-refractivity contribution in [2.45, 2.75) is 17.5 Å². The Morgan fingerprint density at radius 1 is 1.21 bits per heavy atom. The molecule has 0 N–H and O–H groups in total. The standard InChI is InChI=1S/C12H11N5OS/c1-2-6-13-10(4-1)9-19-12-14-15-16-17(12)8-11-5-3-7-18-11/h1-7H,8-9H2. The van der Waals surface area contributed by atoms with E-state index in [9.17, 15) is 0 Å². The molecular formula is C12H11N5OS.